The normalized spacial score (nSPS) is 12.6. The molecule has 25 heavy (non-hydrogen) atoms. The molecule has 1 heterocycles. The van der Waals surface area contributed by atoms with Crippen molar-refractivity contribution in [3.8, 4) is 0 Å². The molecule has 6 nitrogen and oxygen atoms in total. The Morgan fingerprint density at radius 1 is 1.20 bits per heavy atom. The number of ether oxygens (including phenoxy) is 1. The van der Waals surface area contributed by atoms with Crippen LogP contribution in [0.5, 0.6) is 0 Å². The number of carbonyl (C=O) groups excluding carboxylic acids is 2. The highest BCUT2D eigenvalue weighted by Crippen LogP contribution is 2.25. The van der Waals surface area contributed by atoms with Crippen molar-refractivity contribution in [1.82, 2.24) is 9.78 Å². The van der Waals surface area contributed by atoms with E-state index in [1.165, 1.54) is 0 Å². The fourth-order valence-corrected chi connectivity index (χ4v) is 2.51. The molecule has 0 unspecified atom stereocenters. The molecule has 2 aromatic rings. The van der Waals surface area contributed by atoms with E-state index in [0.717, 1.165) is 17.0 Å². The summed E-state index contributed by atoms with van der Waals surface area (Å²) in [6.45, 7) is 8.81. The van der Waals surface area contributed by atoms with E-state index >= 15 is 0 Å². The molecule has 0 aliphatic rings. The van der Waals surface area contributed by atoms with Gasteiger partial charge in [-0.3, -0.25) is 14.3 Å². The Bertz CT molecular complexity index is 779. The van der Waals surface area contributed by atoms with Gasteiger partial charge in [0, 0.05) is 7.05 Å². The van der Waals surface area contributed by atoms with Gasteiger partial charge in [0.25, 0.3) is 5.91 Å². The summed E-state index contributed by atoms with van der Waals surface area (Å²) < 4.78 is 7.11. The van der Waals surface area contributed by atoms with Gasteiger partial charge in [-0.15, -0.1) is 0 Å². The number of amides is 1. The molecule has 0 aliphatic heterocycles. The number of nitrogens with zero attached hydrogens (tertiary/aromatic N) is 2. The first-order chi connectivity index (χ1) is 11.6. The van der Waals surface area contributed by atoms with Crippen LogP contribution in [0.25, 0.3) is 0 Å². The van der Waals surface area contributed by atoms with Crippen LogP contribution in [0.1, 0.15) is 37.7 Å². The van der Waals surface area contributed by atoms with Crippen LogP contribution in [-0.2, 0) is 26.8 Å². The second kappa shape index (κ2) is 7.09. The maximum absolute atomic E-state index is 12.6. The van der Waals surface area contributed by atoms with Gasteiger partial charge < -0.3 is 10.1 Å². The maximum atomic E-state index is 12.6. The largest absolute Gasteiger partial charge is 0.452 e. The van der Waals surface area contributed by atoms with Gasteiger partial charge in [0.05, 0.1) is 22.5 Å². The first kappa shape index (κ1) is 18.7. The molecule has 0 saturated heterocycles. The number of anilines is 1. The number of carbonyl (C=O) groups is 2. The Kier molecular flexibility index (Phi) is 5.30. The molecular formula is C19H25N3O3. The number of benzene rings is 1. The minimum atomic E-state index is -0.908. The van der Waals surface area contributed by atoms with E-state index in [1.807, 2.05) is 51.2 Å². The van der Waals surface area contributed by atoms with Crippen LogP contribution < -0.4 is 5.32 Å². The van der Waals surface area contributed by atoms with Crippen molar-refractivity contribution < 1.29 is 14.3 Å². The molecule has 0 spiro atoms. The highest BCUT2D eigenvalue weighted by Gasteiger charge is 2.34. The third-order valence-electron chi connectivity index (χ3n) is 4.42. The van der Waals surface area contributed by atoms with Crippen molar-refractivity contribution in [2.75, 3.05) is 5.32 Å². The van der Waals surface area contributed by atoms with E-state index in [9.17, 15) is 9.59 Å². The average Bonchev–Trinajstić information content (AvgIpc) is 2.81. The topological polar surface area (TPSA) is 73.2 Å². The third-order valence-corrected chi connectivity index (χ3v) is 4.42. The summed E-state index contributed by atoms with van der Waals surface area (Å²) in [7, 11) is 1.81. The zero-order chi connectivity index (χ0) is 18.8. The summed E-state index contributed by atoms with van der Waals surface area (Å²) in [6, 6.07) is 9.37. The molecule has 0 radical (unpaired) electrons. The fourth-order valence-electron chi connectivity index (χ4n) is 2.51. The lowest BCUT2D eigenvalue weighted by Crippen LogP contribution is -2.37. The van der Waals surface area contributed by atoms with Crippen molar-refractivity contribution >= 4 is 17.6 Å². The molecule has 0 bridgehead atoms. The molecule has 1 aromatic heterocycles. The number of esters is 1. The summed E-state index contributed by atoms with van der Waals surface area (Å²) in [6.07, 6.45) is -0.908. The highest BCUT2D eigenvalue weighted by molar-refractivity contribution is 5.96. The minimum Gasteiger partial charge on any atom is -0.452 e. The van der Waals surface area contributed by atoms with Crippen LogP contribution in [-0.4, -0.2) is 27.8 Å². The summed E-state index contributed by atoms with van der Waals surface area (Å²) in [5.74, 6) is -0.822. The van der Waals surface area contributed by atoms with E-state index < -0.39 is 17.5 Å². The van der Waals surface area contributed by atoms with Crippen LogP contribution in [0, 0.1) is 13.8 Å². The third kappa shape index (κ3) is 3.90. The van der Waals surface area contributed by atoms with Crippen LogP contribution >= 0.6 is 0 Å². The lowest BCUT2D eigenvalue weighted by atomic mass is 9.85. The van der Waals surface area contributed by atoms with Gasteiger partial charge in [0.15, 0.2) is 6.10 Å². The molecule has 0 aliphatic carbocycles. The maximum Gasteiger partial charge on any atom is 0.316 e. The molecule has 1 atom stereocenters. The van der Waals surface area contributed by atoms with Crippen molar-refractivity contribution in [3.63, 3.8) is 0 Å². The predicted molar refractivity (Wildman–Crippen MR) is 96.3 cm³/mol. The van der Waals surface area contributed by atoms with Crippen LogP contribution in [0.4, 0.5) is 5.69 Å². The van der Waals surface area contributed by atoms with Gasteiger partial charge in [-0.1, -0.05) is 30.3 Å². The molecule has 134 valence electrons. The zero-order valence-electron chi connectivity index (χ0n) is 15.6. The number of hydrogen-bond acceptors (Lipinski definition) is 4. The highest BCUT2D eigenvalue weighted by atomic mass is 16.5. The van der Waals surface area contributed by atoms with Crippen molar-refractivity contribution in [1.29, 1.82) is 0 Å². The van der Waals surface area contributed by atoms with Crippen LogP contribution in [0.15, 0.2) is 30.3 Å². The number of rotatable bonds is 5. The Morgan fingerprint density at radius 2 is 1.80 bits per heavy atom. The number of nitrogens with one attached hydrogen (secondary N) is 1. The Morgan fingerprint density at radius 3 is 2.32 bits per heavy atom. The van der Waals surface area contributed by atoms with Gasteiger partial charge in [-0.05, 0) is 40.2 Å². The Balaban J connectivity index is 2.07. The Hall–Kier alpha value is -2.63. The number of hydrogen-bond donors (Lipinski definition) is 1. The number of aryl methyl sites for hydroxylation is 2. The summed E-state index contributed by atoms with van der Waals surface area (Å²) in [4.78, 5) is 25.0. The molecule has 1 amide bonds. The van der Waals surface area contributed by atoms with Gasteiger partial charge in [0.2, 0.25) is 0 Å². The quantitative estimate of drug-likeness (QED) is 0.847. The average molecular weight is 343 g/mol. The van der Waals surface area contributed by atoms with Crippen molar-refractivity contribution in [3.05, 3.63) is 47.3 Å². The lowest BCUT2D eigenvalue weighted by molar-refractivity contribution is -0.158. The van der Waals surface area contributed by atoms with E-state index in [4.69, 9.17) is 4.74 Å². The molecule has 6 heteroatoms. The van der Waals surface area contributed by atoms with E-state index in [0.29, 0.717) is 5.69 Å². The second-order valence-electron chi connectivity index (χ2n) is 6.70. The molecule has 0 fully saturated rings. The standard InChI is InChI=1S/C19H25N3O3/c1-12-16(13(2)22(6)21-12)20-17(23)14(3)25-18(24)19(4,5)15-10-8-7-9-11-15/h7-11,14H,1-6H3,(H,20,23)/t14-/m1/s1. The SMILES string of the molecule is Cc1nn(C)c(C)c1NC(=O)[C@@H](C)OC(=O)C(C)(C)c1ccccc1. The monoisotopic (exact) mass is 343 g/mol. The molecular weight excluding hydrogens is 318 g/mol. The van der Waals surface area contributed by atoms with E-state index in [-0.39, 0.29) is 5.91 Å². The summed E-state index contributed by atoms with van der Waals surface area (Å²) >= 11 is 0. The molecule has 2 rings (SSSR count). The smallest absolute Gasteiger partial charge is 0.316 e. The van der Waals surface area contributed by atoms with E-state index in [2.05, 4.69) is 10.4 Å². The predicted octanol–water partition coefficient (Wildman–Crippen LogP) is 2.88. The second-order valence-corrected chi connectivity index (χ2v) is 6.70. The first-order valence-corrected chi connectivity index (χ1v) is 8.22. The van der Waals surface area contributed by atoms with Gasteiger partial charge >= 0.3 is 5.97 Å². The zero-order valence-corrected chi connectivity index (χ0v) is 15.6. The Labute approximate surface area is 148 Å². The molecule has 1 aromatic carbocycles. The lowest BCUT2D eigenvalue weighted by Gasteiger charge is -2.25. The summed E-state index contributed by atoms with van der Waals surface area (Å²) in [5.41, 5.74) is 2.21. The van der Waals surface area contributed by atoms with Crippen LogP contribution in [0.3, 0.4) is 0 Å². The van der Waals surface area contributed by atoms with Crippen LogP contribution in [0.2, 0.25) is 0 Å². The first-order valence-electron chi connectivity index (χ1n) is 8.22. The van der Waals surface area contributed by atoms with Gasteiger partial charge in [-0.25, -0.2) is 0 Å². The number of aromatic nitrogens is 2. The van der Waals surface area contributed by atoms with Crippen molar-refractivity contribution in [2.45, 2.75) is 46.1 Å². The van der Waals surface area contributed by atoms with Gasteiger partial charge in [0.1, 0.15) is 0 Å². The fraction of sp³-hybridized carbons (Fsp3) is 0.421. The van der Waals surface area contributed by atoms with Crippen molar-refractivity contribution in [2.24, 2.45) is 7.05 Å². The molecule has 1 N–H and O–H groups in total. The van der Waals surface area contributed by atoms with E-state index in [1.54, 1.807) is 25.5 Å². The van der Waals surface area contributed by atoms with Gasteiger partial charge in [-0.2, -0.15) is 5.10 Å². The minimum absolute atomic E-state index is 0.378. The summed E-state index contributed by atoms with van der Waals surface area (Å²) in [5, 5.41) is 7.05. The molecule has 0 saturated carbocycles.